The molecule has 0 saturated carbocycles. The molecule has 3 aliphatic heterocycles. The highest BCUT2D eigenvalue weighted by molar-refractivity contribution is 7.09. The number of nitrogens with one attached hydrogen (secondary N) is 3. The highest BCUT2D eigenvalue weighted by Crippen LogP contribution is 2.17. The Labute approximate surface area is 311 Å². The smallest absolute Gasteiger partial charge is 0.240 e. The van der Waals surface area contributed by atoms with Gasteiger partial charge in [0.15, 0.2) is 0 Å². The number of carbonyl (C=O) groups excluding carboxylic acids is 6. The molecule has 5 heterocycles. The molecule has 3 N–H and O–H groups in total. The van der Waals surface area contributed by atoms with Crippen LogP contribution in [0, 0.1) is 17.8 Å². The summed E-state index contributed by atoms with van der Waals surface area (Å²) in [6, 6.07) is 5.71. The van der Waals surface area contributed by atoms with Crippen LogP contribution in [0.15, 0.2) is 36.0 Å². The molecule has 0 radical (unpaired) electrons. The summed E-state index contributed by atoms with van der Waals surface area (Å²) in [4.78, 5) is 82.7. The van der Waals surface area contributed by atoms with E-state index in [9.17, 15) is 28.8 Å². The molecule has 2 aromatic heterocycles. The topological polar surface area (TPSA) is 174 Å². The van der Waals surface area contributed by atoms with Crippen LogP contribution in [-0.4, -0.2) is 126 Å². The van der Waals surface area contributed by atoms with Crippen molar-refractivity contribution in [3.05, 3.63) is 40.8 Å². The number of aldehydes is 3. The second kappa shape index (κ2) is 23.6. The van der Waals surface area contributed by atoms with E-state index in [0.29, 0.717) is 25.6 Å². The number of hydrogen-bond acceptors (Lipinski definition) is 12. The van der Waals surface area contributed by atoms with E-state index in [4.69, 9.17) is 0 Å². The van der Waals surface area contributed by atoms with Crippen molar-refractivity contribution in [2.75, 3.05) is 57.7 Å². The van der Waals surface area contributed by atoms with E-state index in [1.165, 1.54) is 0 Å². The number of carbonyl (C=O) groups is 6. The van der Waals surface area contributed by atoms with Gasteiger partial charge < -0.3 is 25.0 Å². The Morgan fingerprint density at radius 3 is 1.90 bits per heavy atom. The fourth-order valence-electron chi connectivity index (χ4n) is 6.35. The molecule has 15 heteroatoms. The average Bonchev–Trinajstić information content (AvgIpc) is 3.68. The summed E-state index contributed by atoms with van der Waals surface area (Å²) in [6.07, 6.45) is 11.9. The SMILES string of the molecule is CC(C)NC(=O)C(C)N1CCCC(C=O)C1.O=CC1CCCN(CC(=O)NCc2cccs2)C1.O=CC1CCCN(CC(=O)Nc2ncccn2)C1. The minimum atomic E-state index is -0.146. The van der Waals surface area contributed by atoms with Gasteiger partial charge in [-0.3, -0.25) is 34.4 Å². The fraction of sp³-hybridized carbons (Fsp3) is 0.622. The van der Waals surface area contributed by atoms with Crippen molar-refractivity contribution in [1.29, 1.82) is 0 Å². The first-order valence-electron chi connectivity index (χ1n) is 18.3. The third kappa shape index (κ3) is 16.2. The molecule has 4 atom stereocenters. The summed E-state index contributed by atoms with van der Waals surface area (Å²) in [5, 5.41) is 10.4. The maximum absolute atomic E-state index is 11.8. The van der Waals surface area contributed by atoms with Crippen molar-refractivity contribution in [2.45, 2.75) is 77.9 Å². The molecule has 4 unspecified atom stereocenters. The van der Waals surface area contributed by atoms with Crippen LogP contribution in [0.4, 0.5) is 5.95 Å². The standard InChI is InChI=1S/C13H18N2O2S.C12H16N4O2.C12H22N2O2/c16-10-11-3-1-5-15(8-11)9-13(17)14-7-12-4-2-6-18-12;17-9-10-3-1-6-16(7-10)8-11(18)15-12-13-4-2-5-14-12;1-9(2)13-12(16)10(3)14-6-4-5-11(7-14)8-15/h2,4,6,10-11H,1,3,5,7-9H2,(H,14,17);2,4-5,9-10H,1,3,6-8H2,(H,13,14,15,18);8-11H,4-7H2,1-3H3,(H,13,16). The minimum absolute atomic E-state index is 0.0370. The number of amides is 3. The zero-order valence-electron chi connectivity index (χ0n) is 30.8. The summed E-state index contributed by atoms with van der Waals surface area (Å²) in [7, 11) is 0. The molecular formula is C37H56N8O6S. The number of hydrogen-bond donors (Lipinski definition) is 3. The second-order valence-electron chi connectivity index (χ2n) is 13.9. The fourth-order valence-corrected chi connectivity index (χ4v) is 7.00. The summed E-state index contributed by atoms with van der Waals surface area (Å²) in [5.74, 6) is 0.516. The summed E-state index contributed by atoms with van der Waals surface area (Å²) < 4.78 is 0. The first-order chi connectivity index (χ1) is 25.1. The first kappa shape index (κ1) is 42.5. The van der Waals surface area contributed by atoms with Crippen LogP contribution < -0.4 is 16.0 Å². The number of nitrogens with zero attached hydrogens (tertiary/aromatic N) is 5. The third-order valence-electron chi connectivity index (χ3n) is 9.10. The highest BCUT2D eigenvalue weighted by Gasteiger charge is 2.27. The van der Waals surface area contributed by atoms with Crippen LogP contribution in [0.2, 0.25) is 0 Å². The van der Waals surface area contributed by atoms with Crippen molar-refractivity contribution in [2.24, 2.45) is 17.8 Å². The number of rotatable bonds is 13. The largest absolute Gasteiger partial charge is 0.353 e. The minimum Gasteiger partial charge on any atom is -0.353 e. The zero-order valence-corrected chi connectivity index (χ0v) is 31.6. The van der Waals surface area contributed by atoms with E-state index in [1.807, 2.05) is 43.2 Å². The average molecular weight is 741 g/mol. The van der Waals surface area contributed by atoms with E-state index in [0.717, 1.165) is 95.0 Å². The Bertz CT molecular complexity index is 1380. The summed E-state index contributed by atoms with van der Waals surface area (Å²) in [5.41, 5.74) is 0. The molecule has 3 aliphatic rings. The van der Waals surface area contributed by atoms with Crippen LogP contribution in [0.1, 0.15) is 64.2 Å². The highest BCUT2D eigenvalue weighted by atomic mass is 32.1. The van der Waals surface area contributed by atoms with Crippen LogP contribution in [-0.2, 0) is 35.3 Å². The molecule has 3 amide bonds. The van der Waals surface area contributed by atoms with Crippen molar-refractivity contribution in [3.8, 4) is 0 Å². The molecule has 0 aromatic carbocycles. The van der Waals surface area contributed by atoms with E-state index in [1.54, 1.807) is 29.8 Å². The molecular weight excluding hydrogens is 685 g/mol. The number of likely N-dealkylation sites (tertiary alicyclic amines) is 3. The Hall–Kier alpha value is -3.92. The quantitative estimate of drug-likeness (QED) is 0.258. The molecule has 2 aromatic rings. The Kier molecular flexibility index (Phi) is 19.3. The molecule has 52 heavy (non-hydrogen) atoms. The normalized spacial score (nSPS) is 21.6. The van der Waals surface area contributed by atoms with Crippen molar-refractivity contribution in [1.82, 2.24) is 35.3 Å². The van der Waals surface area contributed by atoms with Crippen LogP contribution in [0.5, 0.6) is 0 Å². The van der Waals surface area contributed by atoms with E-state index < -0.39 is 0 Å². The van der Waals surface area contributed by atoms with Gasteiger partial charge in [-0.25, -0.2) is 9.97 Å². The number of thiophene rings is 1. The van der Waals surface area contributed by atoms with Crippen LogP contribution in [0.25, 0.3) is 0 Å². The molecule has 3 fully saturated rings. The summed E-state index contributed by atoms with van der Waals surface area (Å²) >= 11 is 1.64. The maximum Gasteiger partial charge on any atom is 0.240 e. The zero-order chi connectivity index (χ0) is 37.7. The van der Waals surface area contributed by atoms with Crippen molar-refractivity contribution < 1.29 is 28.8 Å². The monoisotopic (exact) mass is 740 g/mol. The van der Waals surface area contributed by atoms with Gasteiger partial charge >= 0.3 is 0 Å². The lowest BCUT2D eigenvalue weighted by Crippen LogP contribution is -2.50. The Morgan fingerprint density at radius 2 is 1.37 bits per heavy atom. The van der Waals surface area contributed by atoms with Crippen molar-refractivity contribution in [3.63, 3.8) is 0 Å². The Balaban J connectivity index is 0.000000211. The molecule has 0 aliphatic carbocycles. The van der Waals surface area contributed by atoms with Gasteiger partial charge in [-0.15, -0.1) is 11.3 Å². The van der Waals surface area contributed by atoms with Gasteiger partial charge in [-0.05, 0) is 96.4 Å². The maximum atomic E-state index is 11.8. The van der Waals surface area contributed by atoms with Crippen LogP contribution in [0.3, 0.4) is 0 Å². The lowest BCUT2D eigenvalue weighted by Gasteiger charge is -2.34. The van der Waals surface area contributed by atoms with Gasteiger partial charge in [-0.1, -0.05) is 6.07 Å². The second-order valence-corrected chi connectivity index (χ2v) is 14.9. The van der Waals surface area contributed by atoms with Gasteiger partial charge in [0.05, 0.1) is 25.7 Å². The predicted molar refractivity (Wildman–Crippen MR) is 200 cm³/mol. The molecule has 0 spiro atoms. The van der Waals surface area contributed by atoms with Crippen LogP contribution >= 0.6 is 11.3 Å². The molecule has 286 valence electrons. The van der Waals surface area contributed by atoms with Gasteiger partial charge in [-0.2, -0.15) is 0 Å². The Morgan fingerprint density at radius 1 is 0.808 bits per heavy atom. The van der Waals surface area contributed by atoms with E-state index >= 15 is 0 Å². The van der Waals surface area contributed by atoms with Gasteiger partial charge in [0, 0.05) is 60.7 Å². The van der Waals surface area contributed by atoms with E-state index in [-0.39, 0.29) is 54.1 Å². The van der Waals surface area contributed by atoms with E-state index in [2.05, 4.69) is 35.7 Å². The lowest BCUT2D eigenvalue weighted by atomic mass is 9.98. The van der Waals surface area contributed by atoms with Gasteiger partial charge in [0.1, 0.15) is 18.9 Å². The first-order valence-corrected chi connectivity index (χ1v) is 19.2. The molecule has 3 saturated heterocycles. The molecule has 14 nitrogen and oxygen atoms in total. The number of piperidine rings is 3. The lowest BCUT2D eigenvalue weighted by molar-refractivity contribution is -0.128. The predicted octanol–water partition coefficient (Wildman–Crippen LogP) is 2.41. The molecule has 5 rings (SSSR count). The summed E-state index contributed by atoms with van der Waals surface area (Å²) in [6.45, 7) is 11.9. The van der Waals surface area contributed by atoms with Gasteiger partial charge in [0.25, 0.3) is 0 Å². The number of anilines is 1. The third-order valence-corrected chi connectivity index (χ3v) is 9.98. The molecule has 0 bridgehead atoms. The van der Waals surface area contributed by atoms with Gasteiger partial charge in [0.2, 0.25) is 23.7 Å². The number of aromatic nitrogens is 2. The van der Waals surface area contributed by atoms with Crippen molar-refractivity contribution >= 4 is 53.9 Å².